The zero-order valence-corrected chi connectivity index (χ0v) is 14.5. The molecule has 0 atom stereocenters. The van der Waals surface area contributed by atoms with E-state index in [1.54, 1.807) is 0 Å². The van der Waals surface area contributed by atoms with Crippen molar-refractivity contribution in [1.29, 1.82) is 0 Å². The van der Waals surface area contributed by atoms with Crippen molar-refractivity contribution in [3.8, 4) is 0 Å². The molecule has 0 aliphatic carbocycles. The Morgan fingerprint density at radius 1 is 0.950 bits per heavy atom. The van der Waals surface area contributed by atoms with Gasteiger partial charge < -0.3 is 0 Å². The van der Waals surface area contributed by atoms with Crippen molar-refractivity contribution in [3.63, 3.8) is 0 Å². The minimum Gasteiger partial charge on any atom is -0.236 e. The van der Waals surface area contributed by atoms with Crippen LogP contribution in [0.2, 0.25) is 0 Å². The highest BCUT2D eigenvalue weighted by Crippen LogP contribution is 2.20. The van der Waals surface area contributed by atoms with Gasteiger partial charge in [0.1, 0.15) is 0 Å². The SMILES string of the molecule is CCC=C(CCCC)CCOOC(C)(C)CCCCC. The molecule has 0 saturated heterocycles. The Balaban J connectivity index is 3.83. The van der Waals surface area contributed by atoms with Crippen LogP contribution in [0, 0.1) is 0 Å². The predicted octanol–water partition coefficient (Wildman–Crippen LogP) is 6.21. The number of hydrogen-bond donors (Lipinski definition) is 0. The summed E-state index contributed by atoms with van der Waals surface area (Å²) >= 11 is 0. The molecule has 120 valence electrons. The third-order valence-electron chi connectivity index (χ3n) is 3.52. The molecule has 2 nitrogen and oxygen atoms in total. The van der Waals surface area contributed by atoms with Gasteiger partial charge >= 0.3 is 0 Å². The summed E-state index contributed by atoms with van der Waals surface area (Å²) in [5, 5.41) is 0. The van der Waals surface area contributed by atoms with Crippen molar-refractivity contribution >= 4 is 0 Å². The van der Waals surface area contributed by atoms with Crippen LogP contribution in [0.15, 0.2) is 11.6 Å². The van der Waals surface area contributed by atoms with Gasteiger partial charge in [-0.1, -0.05) is 58.1 Å². The van der Waals surface area contributed by atoms with E-state index in [-0.39, 0.29) is 5.60 Å². The van der Waals surface area contributed by atoms with E-state index in [0.717, 1.165) is 19.3 Å². The fraction of sp³-hybridized carbons (Fsp3) is 0.889. The van der Waals surface area contributed by atoms with E-state index in [0.29, 0.717) is 6.61 Å². The predicted molar refractivity (Wildman–Crippen MR) is 87.8 cm³/mol. The molecule has 0 aliphatic rings. The van der Waals surface area contributed by atoms with Crippen LogP contribution in [0.1, 0.15) is 92.4 Å². The Bertz CT molecular complexity index is 244. The summed E-state index contributed by atoms with van der Waals surface area (Å²) in [5.74, 6) is 0. The molecular weight excluding hydrogens is 248 g/mol. The summed E-state index contributed by atoms with van der Waals surface area (Å²) in [4.78, 5) is 11.0. The first-order valence-corrected chi connectivity index (χ1v) is 8.54. The Hall–Kier alpha value is -0.340. The van der Waals surface area contributed by atoms with Gasteiger partial charge in [0.2, 0.25) is 0 Å². The normalized spacial score (nSPS) is 12.9. The third kappa shape index (κ3) is 11.5. The lowest BCUT2D eigenvalue weighted by molar-refractivity contribution is -0.354. The van der Waals surface area contributed by atoms with Crippen molar-refractivity contribution < 1.29 is 9.78 Å². The Kier molecular flexibility index (Phi) is 12.2. The summed E-state index contributed by atoms with van der Waals surface area (Å²) in [6, 6.07) is 0. The first kappa shape index (κ1) is 19.7. The summed E-state index contributed by atoms with van der Waals surface area (Å²) in [5.41, 5.74) is 1.36. The van der Waals surface area contributed by atoms with E-state index < -0.39 is 0 Å². The molecule has 0 bridgehead atoms. The average Bonchev–Trinajstić information content (AvgIpc) is 2.41. The van der Waals surface area contributed by atoms with Gasteiger partial charge in [0.05, 0.1) is 12.2 Å². The molecular formula is C18H36O2. The second kappa shape index (κ2) is 12.4. The fourth-order valence-corrected chi connectivity index (χ4v) is 2.24. The van der Waals surface area contributed by atoms with Gasteiger partial charge in [-0.2, -0.15) is 0 Å². The second-order valence-electron chi connectivity index (χ2n) is 6.25. The maximum absolute atomic E-state index is 5.58. The first-order valence-electron chi connectivity index (χ1n) is 8.54. The molecule has 0 aromatic rings. The summed E-state index contributed by atoms with van der Waals surface area (Å²) < 4.78 is 0. The lowest BCUT2D eigenvalue weighted by Crippen LogP contribution is -2.24. The molecule has 2 heteroatoms. The van der Waals surface area contributed by atoms with Crippen molar-refractivity contribution in [3.05, 3.63) is 11.6 Å². The van der Waals surface area contributed by atoms with Crippen LogP contribution in [-0.2, 0) is 9.78 Å². The highest BCUT2D eigenvalue weighted by molar-refractivity contribution is 5.01. The summed E-state index contributed by atoms with van der Waals surface area (Å²) in [7, 11) is 0. The first-order chi connectivity index (χ1) is 9.55. The smallest absolute Gasteiger partial charge is 0.0980 e. The van der Waals surface area contributed by atoms with Gasteiger partial charge in [0.15, 0.2) is 0 Å². The lowest BCUT2D eigenvalue weighted by Gasteiger charge is -2.23. The van der Waals surface area contributed by atoms with Crippen LogP contribution in [-0.4, -0.2) is 12.2 Å². The van der Waals surface area contributed by atoms with Gasteiger partial charge in [-0.25, -0.2) is 9.78 Å². The number of hydrogen-bond acceptors (Lipinski definition) is 2. The van der Waals surface area contributed by atoms with E-state index in [2.05, 4.69) is 40.7 Å². The minimum absolute atomic E-state index is 0.160. The number of rotatable bonds is 13. The number of unbranched alkanes of at least 4 members (excludes halogenated alkanes) is 3. The molecule has 0 radical (unpaired) electrons. The molecule has 0 rings (SSSR count). The zero-order chi connectivity index (χ0) is 15.3. The van der Waals surface area contributed by atoms with E-state index in [1.807, 2.05) is 0 Å². The van der Waals surface area contributed by atoms with Crippen molar-refractivity contribution in [2.45, 2.75) is 98.0 Å². The topological polar surface area (TPSA) is 18.5 Å². The van der Waals surface area contributed by atoms with Crippen LogP contribution in [0.5, 0.6) is 0 Å². The van der Waals surface area contributed by atoms with E-state index in [1.165, 1.54) is 44.1 Å². The fourth-order valence-electron chi connectivity index (χ4n) is 2.24. The quantitative estimate of drug-likeness (QED) is 0.173. The second-order valence-corrected chi connectivity index (χ2v) is 6.25. The van der Waals surface area contributed by atoms with E-state index >= 15 is 0 Å². The minimum atomic E-state index is -0.160. The van der Waals surface area contributed by atoms with Crippen LogP contribution >= 0.6 is 0 Å². The molecule has 0 unspecified atom stereocenters. The van der Waals surface area contributed by atoms with Gasteiger partial charge in [-0.05, 0) is 46.0 Å². The molecule has 0 aliphatic heterocycles. The van der Waals surface area contributed by atoms with Crippen LogP contribution in [0.4, 0.5) is 0 Å². The molecule has 0 saturated carbocycles. The van der Waals surface area contributed by atoms with Crippen molar-refractivity contribution in [1.82, 2.24) is 0 Å². The molecule has 0 spiro atoms. The van der Waals surface area contributed by atoms with Gasteiger partial charge in [-0.3, -0.25) is 0 Å². The molecule has 0 fully saturated rings. The summed E-state index contributed by atoms with van der Waals surface area (Å²) in [6.45, 7) is 11.6. The lowest BCUT2D eigenvalue weighted by atomic mass is 10.0. The third-order valence-corrected chi connectivity index (χ3v) is 3.52. The highest BCUT2D eigenvalue weighted by atomic mass is 17.2. The highest BCUT2D eigenvalue weighted by Gasteiger charge is 2.19. The summed E-state index contributed by atoms with van der Waals surface area (Å²) in [6.07, 6.45) is 13.0. The van der Waals surface area contributed by atoms with E-state index in [4.69, 9.17) is 9.78 Å². The average molecular weight is 284 g/mol. The van der Waals surface area contributed by atoms with Crippen molar-refractivity contribution in [2.24, 2.45) is 0 Å². The molecule has 0 amide bonds. The molecule has 0 aromatic carbocycles. The van der Waals surface area contributed by atoms with Crippen molar-refractivity contribution in [2.75, 3.05) is 6.61 Å². The van der Waals surface area contributed by atoms with Gasteiger partial charge in [-0.15, -0.1) is 0 Å². The molecule has 0 heterocycles. The standard InChI is InChI=1S/C18H36O2/c1-6-9-11-15-18(4,5)20-19-16-14-17(12-8-3)13-10-7-2/h12H,6-11,13-16H2,1-5H3. The number of allylic oxidation sites excluding steroid dienone is 1. The van der Waals surface area contributed by atoms with E-state index in [9.17, 15) is 0 Å². The monoisotopic (exact) mass is 284 g/mol. The molecule has 0 aromatic heterocycles. The Labute approximate surface area is 126 Å². The molecule has 0 N–H and O–H groups in total. The van der Waals surface area contributed by atoms with Crippen LogP contribution < -0.4 is 0 Å². The largest absolute Gasteiger partial charge is 0.236 e. The van der Waals surface area contributed by atoms with Crippen LogP contribution in [0.3, 0.4) is 0 Å². The zero-order valence-electron chi connectivity index (χ0n) is 14.5. The van der Waals surface area contributed by atoms with Crippen LogP contribution in [0.25, 0.3) is 0 Å². The molecule has 20 heavy (non-hydrogen) atoms. The maximum Gasteiger partial charge on any atom is 0.0980 e. The van der Waals surface area contributed by atoms with Gasteiger partial charge in [0, 0.05) is 0 Å². The Morgan fingerprint density at radius 2 is 1.65 bits per heavy atom. The Morgan fingerprint density at radius 3 is 2.25 bits per heavy atom. The maximum atomic E-state index is 5.58. The van der Waals surface area contributed by atoms with Gasteiger partial charge in [0.25, 0.3) is 0 Å².